The largest absolute Gasteiger partial charge is 0.540 e. The molecule has 0 aliphatic heterocycles. The molecule has 0 unspecified atom stereocenters. The first-order valence-electron chi connectivity index (χ1n) is 11.2. The summed E-state index contributed by atoms with van der Waals surface area (Å²) >= 11 is 0. The summed E-state index contributed by atoms with van der Waals surface area (Å²) in [7, 11) is 0. The average Bonchev–Trinajstić information content (AvgIpc) is 2.68. The monoisotopic (exact) mass is 420 g/mol. The molecule has 0 radical (unpaired) electrons. The van der Waals surface area contributed by atoms with Crippen molar-refractivity contribution in [2.75, 3.05) is 6.61 Å². The first kappa shape index (κ1) is 27.6. The number of carbonyl (C=O) groups is 2. The molecule has 0 heterocycles. The normalized spacial score (nSPS) is 10.9. The molecule has 0 aliphatic carbocycles. The molecule has 0 bridgehead atoms. The van der Waals surface area contributed by atoms with Gasteiger partial charge in [0, 0.05) is 11.5 Å². The highest BCUT2D eigenvalue weighted by Crippen LogP contribution is 2.14. The van der Waals surface area contributed by atoms with Crippen LogP contribution in [0, 0.1) is 0 Å². The highest BCUT2D eigenvalue weighted by Gasteiger charge is 1.99. The lowest BCUT2D eigenvalue weighted by Gasteiger charge is -2.04. The van der Waals surface area contributed by atoms with Gasteiger partial charge in [0.2, 0.25) is 0 Å². The SMILES string of the molecule is O=C(O)CCCCCCCCCCCCCCCCCCCOOOOC(=O)O. The Balaban J connectivity index is 3.01. The minimum Gasteiger partial charge on any atom is -0.481 e. The third-order valence-corrected chi connectivity index (χ3v) is 4.80. The summed E-state index contributed by atoms with van der Waals surface area (Å²) in [4.78, 5) is 28.6. The van der Waals surface area contributed by atoms with Crippen molar-refractivity contribution >= 4 is 12.1 Å². The topological polar surface area (TPSA) is 112 Å². The Bertz CT molecular complexity index is 342. The highest BCUT2D eigenvalue weighted by atomic mass is 17.7. The molecule has 0 rings (SSSR count). The van der Waals surface area contributed by atoms with E-state index in [1.54, 1.807) is 0 Å². The predicted octanol–water partition coefficient (Wildman–Crippen LogP) is 6.58. The van der Waals surface area contributed by atoms with Crippen molar-refractivity contribution < 1.29 is 39.7 Å². The smallest absolute Gasteiger partial charge is 0.481 e. The lowest BCUT2D eigenvalue weighted by Crippen LogP contribution is -2.04. The summed E-state index contributed by atoms with van der Waals surface area (Å²) in [6, 6.07) is 0. The van der Waals surface area contributed by atoms with Crippen molar-refractivity contribution in [3.8, 4) is 0 Å². The van der Waals surface area contributed by atoms with E-state index in [1.165, 1.54) is 77.0 Å². The quantitative estimate of drug-likeness (QED) is 0.108. The standard InChI is InChI=1S/C21H40O8/c22-20(23)18-16-14-12-10-8-6-4-2-1-3-5-7-9-11-13-15-17-19-26-28-29-27-21(24)25/h1-19H2,(H,22,23)(H,24,25). The fraction of sp³-hybridized carbons (Fsp3) is 0.905. The molecule has 8 nitrogen and oxygen atoms in total. The first-order valence-corrected chi connectivity index (χ1v) is 11.2. The Kier molecular flexibility index (Phi) is 21.8. The molecular weight excluding hydrogens is 380 g/mol. The van der Waals surface area contributed by atoms with Gasteiger partial charge in [0.25, 0.3) is 0 Å². The van der Waals surface area contributed by atoms with E-state index in [-0.39, 0.29) is 0 Å². The van der Waals surface area contributed by atoms with E-state index >= 15 is 0 Å². The summed E-state index contributed by atoms with van der Waals surface area (Å²) in [5.74, 6) is -0.680. The molecule has 0 aromatic carbocycles. The number of aliphatic carboxylic acids is 1. The fourth-order valence-corrected chi connectivity index (χ4v) is 3.19. The Morgan fingerprint density at radius 2 is 0.897 bits per heavy atom. The van der Waals surface area contributed by atoms with Gasteiger partial charge in [-0.1, -0.05) is 96.3 Å². The van der Waals surface area contributed by atoms with Gasteiger partial charge in [-0.05, 0) is 17.9 Å². The van der Waals surface area contributed by atoms with Crippen LogP contribution < -0.4 is 0 Å². The zero-order chi connectivity index (χ0) is 21.4. The molecule has 8 heteroatoms. The van der Waals surface area contributed by atoms with E-state index in [0.29, 0.717) is 13.0 Å². The maximum atomic E-state index is 10.4. The Morgan fingerprint density at radius 1 is 0.517 bits per heavy atom. The van der Waals surface area contributed by atoms with Crippen LogP contribution in [0.2, 0.25) is 0 Å². The third kappa shape index (κ3) is 26.6. The van der Waals surface area contributed by atoms with E-state index in [9.17, 15) is 9.59 Å². The van der Waals surface area contributed by atoms with Crippen molar-refractivity contribution in [1.29, 1.82) is 0 Å². The molecule has 29 heavy (non-hydrogen) atoms. The lowest BCUT2D eigenvalue weighted by molar-refractivity contribution is -0.618. The van der Waals surface area contributed by atoms with E-state index < -0.39 is 12.1 Å². The molecule has 0 spiro atoms. The Hall–Kier alpha value is -1.38. The molecule has 0 fully saturated rings. The number of unbranched alkanes of at least 4 members (excludes halogenated alkanes) is 16. The van der Waals surface area contributed by atoms with Gasteiger partial charge < -0.3 is 10.2 Å². The average molecular weight is 421 g/mol. The molecule has 0 atom stereocenters. The second-order valence-electron chi connectivity index (χ2n) is 7.46. The second kappa shape index (κ2) is 22.9. The van der Waals surface area contributed by atoms with Crippen molar-refractivity contribution in [2.45, 2.75) is 116 Å². The first-order chi connectivity index (χ1) is 14.1. The maximum Gasteiger partial charge on any atom is 0.540 e. The van der Waals surface area contributed by atoms with E-state index in [0.717, 1.165) is 32.1 Å². The van der Waals surface area contributed by atoms with Crippen LogP contribution in [0.3, 0.4) is 0 Å². The van der Waals surface area contributed by atoms with Gasteiger partial charge in [-0.15, -0.1) is 0 Å². The van der Waals surface area contributed by atoms with Gasteiger partial charge in [-0.3, -0.25) is 4.79 Å². The Morgan fingerprint density at radius 3 is 1.28 bits per heavy atom. The molecular formula is C21H40O8. The minimum atomic E-state index is -1.59. The summed E-state index contributed by atoms with van der Waals surface area (Å²) in [5.41, 5.74) is 0. The summed E-state index contributed by atoms with van der Waals surface area (Å²) < 4.78 is 0. The van der Waals surface area contributed by atoms with Crippen molar-refractivity contribution in [3.05, 3.63) is 0 Å². The van der Waals surface area contributed by atoms with Crippen LogP contribution >= 0.6 is 0 Å². The zero-order valence-corrected chi connectivity index (χ0v) is 17.8. The molecule has 0 aliphatic rings. The molecule has 0 aromatic rings. The molecule has 0 aromatic heterocycles. The molecule has 0 saturated carbocycles. The van der Waals surface area contributed by atoms with Crippen LogP contribution in [-0.2, 0) is 24.6 Å². The van der Waals surface area contributed by atoms with Crippen molar-refractivity contribution in [3.63, 3.8) is 0 Å². The predicted molar refractivity (Wildman–Crippen MR) is 108 cm³/mol. The summed E-state index contributed by atoms with van der Waals surface area (Å²) in [5, 5.41) is 24.5. The van der Waals surface area contributed by atoms with Gasteiger partial charge in [0.15, 0.2) is 0 Å². The summed E-state index contributed by atoms with van der Waals surface area (Å²) in [6.07, 6.45) is 19.1. The number of hydrogen-bond acceptors (Lipinski definition) is 6. The van der Waals surface area contributed by atoms with Crippen LogP contribution in [0.4, 0.5) is 4.79 Å². The molecule has 172 valence electrons. The highest BCUT2D eigenvalue weighted by molar-refractivity contribution is 5.66. The van der Waals surface area contributed by atoms with Crippen LogP contribution in [0.1, 0.15) is 116 Å². The van der Waals surface area contributed by atoms with Crippen LogP contribution in [-0.4, -0.2) is 28.9 Å². The van der Waals surface area contributed by atoms with Crippen molar-refractivity contribution in [2.24, 2.45) is 0 Å². The minimum absolute atomic E-state index is 0.313. The van der Waals surface area contributed by atoms with Crippen LogP contribution in [0.25, 0.3) is 0 Å². The zero-order valence-electron chi connectivity index (χ0n) is 17.8. The molecule has 0 amide bonds. The van der Waals surface area contributed by atoms with Gasteiger partial charge in [0.1, 0.15) is 0 Å². The lowest BCUT2D eigenvalue weighted by atomic mass is 10.0. The molecule has 0 saturated heterocycles. The van der Waals surface area contributed by atoms with Crippen LogP contribution in [0.5, 0.6) is 0 Å². The van der Waals surface area contributed by atoms with Gasteiger partial charge >= 0.3 is 12.1 Å². The van der Waals surface area contributed by atoms with E-state index in [2.05, 4.69) is 19.9 Å². The van der Waals surface area contributed by atoms with E-state index in [1.807, 2.05) is 0 Å². The fourth-order valence-electron chi connectivity index (χ4n) is 3.19. The number of carboxylic acids is 1. The van der Waals surface area contributed by atoms with Gasteiger partial charge in [0.05, 0.1) is 6.61 Å². The van der Waals surface area contributed by atoms with E-state index in [4.69, 9.17) is 10.2 Å². The number of carboxylic acid groups (broad SMARTS) is 2. The third-order valence-electron chi connectivity index (χ3n) is 4.80. The van der Waals surface area contributed by atoms with Gasteiger partial charge in [-0.25, -0.2) is 14.6 Å². The maximum absolute atomic E-state index is 10.4. The van der Waals surface area contributed by atoms with Crippen LogP contribution in [0.15, 0.2) is 0 Å². The van der Waals surface area contributed by atoms with Gasteiger partial charge in [-0.2, -0.15) is 0 Å². The van der Waals surface area contributed by atoms with Crippen molar-refractivity contribution in [1.82, 2.24) is 0 Å². The number of rotatable bonds is 23. The second-order valence-corrected chi connectivity index (χ2v) is 7.46. The summed E-state index contributed by atoms with van der Waals surface area (Å²) in [6.45, 7) is 0.341. The number of hydrogen-bond donors (Lipinski definition) is 2. The Labute approximate surface area is 174 Å². The molecule has 2 N–H and O–H groups in total.